The van der Waals surface area contributed by atoms with Gasteiger partial charge in [-0.05, 0) is 31.9 Å². The second-order valence-corrected chi connectivity index (χ2v) is 3.41. The van der Waals surface area contributed by atoms with Gasteiger partial charge >= 0.3 is 0 Å². The van der Waals surface area contributed by atoms with Crippen LogP contribution < -0.4 is 5.32 Å². The molecule has 1 amide bonds. The van der Waals surface area contributed by atoms with Crippen molar-refractivity contribution in [1.29, 1.82) is 0 Å². The molecule has 0 bridgehead atoms. The summed E-state index contributed by atoms with van der Waals surface area (Å²) >= 11 is 0. The first-order valence-electron chi connectivity index (χ1n) is 5.44. The van der Waals surface area contributed by atoms with Gasteiger partial charge in [0, 0.05) is 11.6 Å². The lowest BCUT2D eigenvalue weighted by molar-refractivity contribution is -0.121. The predicted molar refractivity (Wildman–Crippen MR) is 65.3 cm³/mol. The lowest BCUT2D eigenvalue weighted by atomic mass is 10.2. The molecule has 84 valence electrons. The Labute approximate surface area is 92.8 Å². The van der Waals surface area contributed by atoms with Crippen LogP contribution in [0.3, 0.4) is 0 Å². The number of nitrogens with one attached hydrogen (secondary N) is 1. The molecule has 1 aliphatic carbocycles. The van der Waals surface area contributed by atoms with E-state index in [1.54, 1.807) is 6.08 Å². The number of amides is 1. The molecule has 2 nitrogen and oxygen atoms in total. The number of carbonyl (C=O) groups is 1. The van der Waals surface area contributed by atoms with Crippen LogP contribution in [-0.2, 0) is 4.79 Å². The third-order valence-corrected chi connectivity index (χ3v) is 1.84. The largest absolute Gasteiger partial charge is 0.326 e. The molecule has 0 aliphatic heterocycles. The van der Waals surface area contributed by atoms with E-state index >= 15 is 0 Å². The predicted octanol–water partition coefficient (Wildman–Crippen LogP) is 3.18. The van der Waals surface area contributed by atoms with Gasteiger partial charge < -0.3 is 5.32 Å². The first kappa shape index (κ1) is 13.7. The van der Waals surface area contributed by atoms with Gasteiger partial charge in [-0.25, -0.2) is 0 Å². The van der Waals surface area contributed by atoms with E-state index in [1.165, 1.54) is 0 Å². The molecule has 1 saturated carbocycles. The molecule has 0 aromatic rings. The Bertz CT molecular complexity index is 272. The molecule has 1 fully saturated rings. The number of hydrogen-bond donors (Lipinski definition) is 1. The second-order valence-electron chi connectivity index (χ2n) is 3.41. The van der Waals surface area contributed by atoms with Gasteiger partial charge in [-0.1, -0.05) is 32.6 Å². The fraction of sp³-hybridized carbons (Fsp3) is 0.462. The van der Waals surface area contributed by atoms with Gasteiger partial charge in [0.1, 0.15) is 0 Å². The number of rotatable bonds is 4. The van der Waals surface area contributed by atoms with Gasteiger partial charge in [0.05, 0.1) is 0 Å². The lowest BCUT2D eigenvalue weighted by Crippen LogP contribution is -2.23. The highest BCUT2D eigenvalue weighted by atomic mass is 16.2. The molecule has 0 unspecified atom stereocenters. The van der Waals surface area contributed by atoms with Crippen LogP contribution in [0, 0.1) is 5.92 Å². The van der Waals surface area contributed by atoms with Gasteiger partial charge in [0.15, 0.2) is 0 Å². The summed E-state index contributed by atoms with van der Waals surface area (Å²) in [5, 5.41) is 2.80. The number of allylic oxidation sites excluding steroid dienone is 3. The summed E-state index contributed by atoms with van der Waals surface area (Å²) in [6.45, 7) is 13.2. The zero-order valence-electron chi connectivity index (χ0n) is 9.97. The summed E-state index contributed by atoms with van der Waals surface area (Å²) in [6.07, 6.45) is 5.48. The quantitative estimate of drug-likeness (QED) is 0.705. The molecule has 0 spiro atoms. The topological polar surface area (TPSA) is 29.1 Å². The minimum atomic E-state index is 0.104. The minimum absolute atomic E-state index is 0.104. The first-order valence-corrected chi connectivity index (χ1v) is 5.44. The molecule has 0 atom stereocenters. The van der Waals surface area contributed by atoms with Crippen LogP contribution in [0.25, 0.3) is 0 Å². The maximum Gasteiger partial charge on any atom is 0.227 e. The van der Waals surface area contributed by atoms with Crippen molar-refractivity contribution in [2.24, 2.45) is 5.92 Å². The molecule has 1 rings (SSSR count). The molecule has 0 aromatic heterocycles. The molecule has 0 saturated heterocycles. The van der Waals surface area contributed by atoms with Crippen molar-refractivity contribution >= 4 is 5.91 Å². The van der Waals surface area contributed by atoms with E-state index in [2.05, 4.69) is 18.5 Å². The van der Waals surface area contributed by atoms with Gasteiger partial charge in [-0.3, -0.25) is 4.79 Å². The van der Waals surface area contributed by atoms with Gasteiger partial charge in [-0.15, -0.1) is 0 Å². The number of carbonyl (C=O) groups excluding carboxylic acids is 1. The van der Waals surface area contributed by atoms with E-state index in [9.17, 15) is 4.79 Å². The van der Waals surface area contributed by atoms with Crippen molar-refractivity contribution < 1.29 is 4.79 Å². The number of hydrogen-bond acceptors (Lipinski definition) is 1. The molecule has 0 radical (unpaired) electrons. The van der Waals surface area contributed by atoms with E-state index in [4.69, 9.17) is 0 Å². The normalized spacial score (nSPS) is 14.7. The molecule has 0 aromatic carbocycles. The van der Waals surface area contributed by atoms with Crippen molar-refractivity contribution in [1.82, 2.24) is 5.32 Å². The van der Waals surface area contributed by atoms with Crippen LogP contribution in [0.15, 0.2) is 36.6 Å². The minimum Gasteiger partial charge on any atom is -0.326 e. The molecular weight excluding hydrogens is 186 g/mol. The van der Waals surface area contributed by atoms with Crippen LogP contribution in [0.4, 0.5) is 0 Å². The summed E-state index contributed by atoms with van der Waals surface area (Å²) in [7, 11) is 0. The van der Waals surface area contributed by atoms with Crippen LogP contribution in [-0.4, -0.2) is 5.91 Å². The van der Waals surface area contributed by atoms with E-state index < -0.39 is 0 Å². The monoisotopic (exact) mass is 207 g/mol. The lowest BCUT2D eigenvalue weighted by Gasteiger charge is -2.04. The summed E-state index contributed by atoms with van der Waals surface area (Å²) in [5.74, 6) is 0.334. The molecular formula is C13H21NO. The van der Waals surface area contributed by atoms with E-state index in [-0.39, 0.29) is 11.8 Å². The first-order chi connectivity index (χ1) is 7.13. The average molecular weight is 207 g/mol. The van der Waals surface area contributed by atoms with Crippen molar-refractivity contribution in [3.63, 3.8) is 0 Å². The van der Waals surface area contributed by atoms with E-state index in [1.807, 2.05) is 26.8 Å². The van der Waals surface area contributed by atoms with Crippen LogP contribution >= 0.6 is 0 Å². The molecule has 1 N–H and O–H groups in total. The maximum absolute atomic E-state index is 11.3. The highest BCUT2D eigenvalue weighted by Crippen LogP contribution is 2.29. The summed E-state index contributed by atoms with van der Waals surface area (Å²) < 4.78 is 0. The van der Waals surface area contributed by atoms with Crippen molar-refractivity contribution in [3.8, 4) is 0 Å². The Morgan fingerprint density at radius 3 is 2.27 bits per heavy atom. The highest BCUT2D eigenvalue weighted by Gasteiger charge is 2.29. The third kappa shape index (κ3) is 5.89. The Hall–Kier alpha value is -1.31. The third-order valence-electron chi connectivity index (χ3n) is 1.84. The highest BCUT2D eigenvalue weighted by molar-refractivity contribution is 5.82. The van der Waals surface area contributed by atoms with E-state index in [0.29, 0.717) is 0 Å². The van der Waals surface area contributed by atoms with Crippen LogP contribution in [0.2, 0.25) is 0 Å². The van der Waals surface area contributed by atoms with Gasteiger partial charge in [0.2, 0.25) is 5.91 Å². The van der Waals surface area contributed by atoms with Gasteiger partial charge in [-0.2, -0.15) is 0 Å². The Kier molecular flexibility index (Phi) is 6.43. The summed E-state index contributed by atoms with van der Waals surface area (Å²) in [6, 6.07) is 0. The van der Waals surface area contributed by atoms with Crippen molar-refractivity contribution in [3.05, 3.63) is 36.6 Å². The smallest absolute Gasteiger partial charge is 0.227 e. The van der Waals surface area contributed by atoms with Gasteiger partial charge in [0.25, 0.3) is 0 Å². The fourth-order valence-electron chi connectivity index (χ4n) is 1.00. The average Bonchev–Trinajstić information content (AvgIpc) is 3.02. The Balaban J connectivity index is 0.000000921. The van der Waals surface area contributed by atoms with Crippen LogP contribution in [0.1, 0.15) is 33.6 Å². The standard InChI is InChI=1S/C11H15NO.C2H6/c1-4-10(7-8(2)3)12-11(13)9-5-6-9;1-2/h4,7,9H,1-2,5-6H2,3H3,(H,12,13);1-2H3/b10-7+;. The molecule has 1 aliphatic rings. The Morgan fingerprint density at radius 2 is 1.93 bits per heavy atom. The summed E-state index contributed by atoms with van der Waals surface area (Å²) in [4.78, 5) is 11.3. The fourth-order valence-corrected chi connectivity index (χ4v) is 1.00. The zero-order chi connectivity index (χ0) is 11.8. The second kappa shape index (κ2) is 7.04. The Morgan fingerprint density at radius 1 is 1.40 bits per heavy atom. The summed E-state index contributed by atoms with van der Waals surface area (Å²) in [5.41, 5.74) is 1.65. The SMILES string of the molecule is C=C/C(=C\C(=C)C)NC(=O)C1CC1.CC. The molecule has 15 heavy (non-hydrogen) atoms. The molecule has 0 heterocycles. The maximum atomic E-state index is 11.3. The van der Waals surface area contributed by atoms with Crippen molar-refractivity contribution in [2.45, 2.75) is 33.6 Å². The zero-order valence-corrected chi connectivity index (χ0v) is 9.97. The van der Waals surface area contributed by atoms with Crippen LogP contribution in [0.5, 0.6) is 0 Å². The van der Waals surface area contributed by atoms with E-state index in [0.717, 1.165) is 24.1 Å². The molecule has 2 heteroatoms. The van der Waals surface area contributed by atoms with Crippen molar-refractivity contribution in [2.75, 3.05) is 0 Å².